The van der Waals surface area contributed by atoms with Crippen molar-refractivity contribution in [2.45, 2.75) is 38.8 Å². The monoisotopic (exact) mass is 411 g/mol. The van der Waals surface area contributed by atoms with Crippen LogP contribution < -0.4 is 4.80 Å². The largest absolute Gasteiger partial charge is 0.383 e. The number of carbonyl (C=O) groups is 1. The number of sulfonamides is 1. The lowest BCUT2D eigenvalue weighted by Crippen LogP contribution is -2.47. The molecule has 1 aromatic heterocycles. The van der Waals surface area contributed by atoms with Crippen LogP contribution in [0.15, 0.2) is 23.2 Å². The molecule has 148 valence electrons. The summed E-state index contributed by atoms with van der Waals surface area (Å²) in [5, 5.41) is 0. The molecule has 1 atom stereocenters. The molecule has 1 unspecified atom stereocenters. The van der Waals surface area contributed by atoms with Crippen LogP contribution in [0.1, 0.15) is 24.8 Å². The van der Waals surface area contributed by atoms with Gasteiger partial charge in [-0.2, -0.15) is 9.30 Å². The molecule has 1 saturated heterocycles. The Bertz CT molecular complexity index is 1010. The van der Waals surface area contributed by atoms with Gasteiger partial charge >= 0.3 is 0 Å². The van der Waals surface area contributed by atoms with Crippen molar-refractivity contribution >= 4 is 37.5 Å². The van der Waals surface area contributed by atoms with Crippen LogP contribution in [0.2, 0.25) is 0 Å². The van der Waals surface area contributed by atoms with E-state index in [0.717, 1.165) is 34.9 Å². The van der Waals surface area contributed by atoms with Gasteiger partial charge in [0.2, 0.25) is 10.0 Å². The van der Waals surface area contributed by atoms with Gasteiger partial charge < -0.3 is 9.30 Å². The van der Waals surface area contributed by atoms with Gasteiger partial charge in [-0.05, 0) is 37.5 Å². The first-order chi connectivity index (χ1) is 12.8. The molecule has 1 aliphatic rings. The molecule has 9 heteroatoms. The average molecular weight is 412 g/mol. The van der Waals surface area contributed by atoms with Gasteiger partial charge in [0, 0.05) is 20.2 Å². The third-order valence-corrected chi connectivity index (χ3v) is 7.06. The van der Waals surface area contributed by atoms with E-state index < -0.39 is 22.0 Å². The Morgan fingerprint density at radius 1 is 1.37 bits per heavy atom. The second-order valence-electron chi connectivity index (χ2n) is 6.84. The smallest absolute Gasteiger partial charge is 0.266 e. The molecular weight excluding hydrogens is 386 g/mol. The Hall–Kier alpha value is -1.55. The standard InChI is InChI=1S/C18H25N3O4S2/c1-13-7-8-14-16(12-13)26-18(20(14)10-11-25-2)19-17(22)15-6-4-5-9-21(15)27(3,23)24/h7-8,12,15H,4-6,9-11H2,1-3H3. The Labute approximate surface area is 163 Å². The molecule has 27 heavy (non-hydrogen) atoms. The zero-order valence-electron chi connectivity index (χ0n) is 15.8. The SMILES string of the molecule is COCCn1c(=NC(=O)C2CCCCN2S(C)(=O)=O)sc2cc(C)ccc21. The molecule has 0 spiro atoms. The van der Waals surface area contributed by atoms with Gasteiger partial charge in [-0.25, -0.2) is 8.42 Å². The fourth-order valence-corrected chi connectivity index (χ4v) is 5.66. The third kappa shape index (κ3) is 4.48. The first-order valence-corrected chi connectivity index (χ1v) is 11.6. The molecule has 0 bridgehead atoms. The van der Waals surface area contributed by atoms with Gasteiger partial charge in [-0.1, -0.05) is 23.8 Å². The first-order valence-electron chi connectivity index (χ1n) is 8.95. The zero-order chi connectivity index (χ0) is 19.6. The van der Waals surface area contributed by atoms with E-state index in [1.807, 2.05) is 23.6 Å². The first kappa shape index (κ1) is 20.2. The predicted molar refractivity (Wildman–Crippen MR) is 106 cm³/mol. The van der Waals surface area contributed by atoms with E-state index in [1.165, 1.54) is 15.6 Å². The molecule has 2 aromatic rings. The van der Waals surface area contributed by atoms with E-state index >= 15 is 0 Å². The molecule has 0 saturated carbocycles. The maximum absolute atomic E-state index is 12.9. The fraction of sp³-hybridized carbons (Fsp3) is 0.556. The maximum Gasteiger partial charge on any atom is 0.266 e. The number of carbonyl (C=O) groups excluding carboxylic acids is 1. The Kier molecular flexibility index (Phi) is 6.15. The number of rotatable bonds is 5. The number of thiazole rings is 1. The minimum atomic E-state index is -3.44. The molecule has 1 amide bonds. The zero-order valence-corrected chi connectivity index (χ0v) is 17.5. The van der Waals surface area contributed by atoms with Gasteiger partial charge in [-0.3, -0.25) is 4.79 Å². The summed E-state index contributed by atoms with van der Waals surface area (Å²) < 4.78 is 33.6. The van der Waals surface area contributed by atoms with Crippen LogP contribution in [0.3, 0.4) is 0 Å². The average Bonchev–Trinajstić information content (AvgIpc) is 2.95. The van der Waals surface area contributed by atoms with Gasteiger partial charge in [-0.15, -0.1) is 0 Å². The minimum absolute atomic E-state index is 0.375. The molecule has 0 aliphatic carbocycles. The van der Waals surface area contributed by atoms with Gasteiger partial charge in [0.25, 0.3) is 5.91 Å². The van der Waals surface area contributed by atoms with Crippen LogP contribution >= 0.6 is 11.3 Å². The summed E-state index contributed by atoms with van der Waals surface area (Å²) in [6, 6.07) is 5.40. The number of aryl methyl sites for hydroxylation is 1. The molecule has 0 radical (unpaired) electrons. The number of aromatic nitrogens is 1. The highest BCUT2D eigenvalue weighted by Crippen LogP contribution is 2.22. The lowest BCUT2D eigenvalue weighted by atomic mass is 10.0. The molecule has 0 N–H and O–H groups in total. The second kappa shape index (κ2) is 8.22. The number of ether oxygens (including phenoxy) is 1. The van der Waals surface area contributed by atoms with Crippen LogP contribution in [-0.2, 0) is 26.1 Å². The van der Waals surface area contributed by atoms with Crippen LogP contribution in [0.4, 0.5) is 0 Å². The highest BCUT2D eigenvalue weighted by atomic mass is 32.2. The number of benzene rings is 1. The van der Waals surface area contributed by atoms with Gasteiger partial charge in [0.05, 0.1) is 23.1 Å². The summed E-state index contributed by atoms with van der Waals surface area (Å²) in [5.74, 6) is -0.394. The summed E-state index contributed by atoms with van der Waals surface area (Å²) in [6.45, 7) is 3.47. The number of hydrogen-bond donors (Lipinski definition) is 0. The van der Waals surface area contributed by atoms with Crippen molar-refractivity contribution in [1.82, 2.24) is 8.87 Å². The molecule has 2 heterocycles. The summed E-state index contributed by atoms with van der Waals surface area (Å²) in [5.41, 5.74) is 2.13. The van der Waals surface area contributed by atoms with Crippen molar-refractivity contribution in [2.24, 2.45) is 4.99 Å². The summed E-state index contributed by atoms with van der Waals surface area (Å²) >= 11 is 1.44. The van der Waals surface area contributed by atoms with Crippen LogP contribution in [0, 0.1) is 6.92 Å². The van der Waals surface area contributed by atoms with Crippen molar-refractivity contribution in [3.05, 3.63) is 28.6 Å². The third-order valence-electron chi connectivity index (χ3n) is 4.73. The van der Waals surface area contributed by atoms with Crippen LogP contribution in [0.5, 0.6) is 0 Å². The molecular formula is C18H25N3O4S2. The van der Waals surface area contributed by atoms with E-state index in [2.05, 4.69) is 11.1 Å². The number of amides is 1. The van der Waals surface area contributed by atoms with Crippen molar-refractivity contribution in [2.75, 3.05) is 26.5 Å². The Morgan fingerprint density at radius 3 is 2.85 bits per heavy atom. The molecule has 7 nitrogen and oxygen atoms in total. The summed E-state index contributed by atoms with van der Waals surface area (Å²) in [4.78, 5) is 17.8. The second-order valence-corrected chi connectivity index (χ2v) is 9.78. The van der Waals surface area contributed by atoms with Crippen molar-refractivity contribution in [3.63, 3.8) is 0 Å². The summed E-state index contributed by atoms with van der Waals surface area (Å²) in [6.07, 6.45) is 3.26. The lowest BCUT2D eigenvalue weighted by molar-refractivity contribution is -0.122. The quantitative estimate of drug-likeness (QED) is 0.753. The Balaban J connectivity index is 2.04. The molecule has 3 rings (SSSR count). The predicted octanol–water partition coefficient (Wildman–Crippen LogP) is 1.90. The normalized spacial score (nSPS) is 19.7. The topological polar surface area (TPSA) is 81.0 Å². The van der Waals surface area contributed by atoms with E-state index in [-0.39, 0.29) is 0 Å². The van der Waals surface area contributed by atoms with Gasteiger partial charge in [0.1, 0.15) is 6.04 Å². The number of fused-ring (bicyclic) bond motifs is 1. The number of hydrogen-bond acceptors (Lipinski definition) is 5. The fourth-order valence-electron chi connectivity index (χ4n) is 3.38. The molecule has 1 fully saturated rings. The number of methoxy groups -OCH3 is 1. The molecule has 1 aromatic carbocycles. The lowest BCUT2D eigenvalue weighted by Gasteiger charge is -2.31. The number of piperidine rings is 1. The van der Waals surface area contributed by atoms with E-state index in [0.29, 0.717) is 30.9 Å². The Morgan fingerprint density at radius 2 is 2.15 bits per heavy atom. The van der Waals surface area contributed by atoms with Gasteiger partial charge in [0.15, 0.2) is 4.80 Å². The molecule has 1 aliphatic heterocycles. The van der Waals surface area contributed by atoms with Crippen molar-refractivity contribution < 1.29 is 17.9 Å². The summed E-state index contributed by atoms with van der Waals surface area (Å²) in [7, 11) is -1.81. The maximum atomic E-state index is 12.9. The van der Waals surface area contributed by atoms with E-state index in [1.54, 1.807) is 7.11 Å². The highest BCUT2D eigenvalue weighted by Gasteiger charge is 2.34. The van der Waals surface area contributed by atoms with Crippen LogP contribution in [-0.4, -0.2) is 55.8 Å². The van der Waals surface area contributed by atoms with Crippen LogP contribution in [0.25, 0.3) is 10.2 Å². The highest BCUT2D eigenvalue weighted by molar-refractivity contribution is 7.88. The minimum Gasteiger partial charge on any atom is -0.383 e. The number of nitrogens with zero attached hydrogens (tertiary/aromatic N) is 3. The van der Waals surface area contributed by atoms with Crippen molar-refractivity contribution in [3.8, 4) is 0 Å². The van der Waals surface area contributed by atoms with E-state index in [9.17, 15) is 13.2 Å². The van der Waals surface area contributed by atoms with E-state index in [4.69, 9.17) is 4.74 Å². The van der Waals surface area contributed by atoms with Crippen molar-refractivity contribution in [1.29, 1.82) is 0 Å².